The number of ether oxygens (including phenoxy) is 1. The SMILES string of the molecule is CC(CO)NCCC1CCCO1. The minimum atomic E-state index is 0.214. The van der Waals surface area contributed by atoms with Crippen molar-refractivity contribution in [2.75, 3.05) is 19.8 Å². The van der Waals surface area contributed by atoms with Crippen LogP contribution in [0.4, 0.5) is 0 Å². The first-order valence-electron chi connectivity index (χ1n) is 4.78. The van der Waals surface area contributed by atoms with Crippen molar-refractivity contribution >= 4 is 0 Å². The third kappa shape index (κ3) is 3.52. The van der Waals surface area contributed by atoms with E-state index in [0.717, 1.165) is 19.6 Å². The lowest BCUT2D eigenvalue weighted by Crippen LogP contribution is -2.31. The molecule has 0 aromatic carbocycles. The molecule has 3 nitrogen and oxygen atoms in total. The van der Waals surface area contributed by atoms with E-state index in [-0.39, 0.29) is 12.6 Å². The predicted molar refractivity (Wildman–Crippen MR) is 48.1 cm³/mol. The Morgan fingerprint density at radius 1 is 1.67 bits per heavy atom. The molecule has 0 radical (unpaired) electrons. The highest BCUT2D eigenvalue weighted by molar-refractivity contribution is 4.67. The maximum Gasteiger partial charge on any atom is 0.0588 e. The smallest absolute Gasteiger partial charge is 0.0588 e. The van der Waals surface area contributed by atoms with Gasteiger partial charge in [0.1, 0.15) is 0 Å². The minimum absolute atomic E-state index is 0.214. The summed E-state index contributed by atoms with van der Waals surface area (Å²) in [6.07, 6.45) is 3.95. The van der Waals surface area contributed by atoms with Crippen LogP contribution in [0.1, 0.15) is 26.2 Å². The van der Waals surface area contributed by atoms with Gasteiger partial charge in [0.05, 0.1) is 12.7 Å². The monoisotopic (exact) mass is 173 g/mol. The van der Waals surface area contributed by atoms with Gasteiger partial charge < -0.3 is 15.2 Å². The van der Waals surface area contributed by atoms with E-state index in [0.29, 0.717) is 6.10 Å². The van der Waals surface area contributed by atoms with E-state index in [1.807, 2.05) is 6.92 Å². The molecule has 1 saturated heterocycles. The van der Waals surface area contributed by atoms with Crippen LogP contribution in [0, 0.1) is 0 Å². The average Bonchev–Trinajstić information content (AvgIpc) is 2.57. The molecule has 2 unspecified atom stereocenters. The Kier molecular flexibility index (Phi) is 4.58. The molecule has 1 fully saturated rings. The fraction of sp³-hybridized carbons (Fsp3) is 1.00. The van der Waals surface area contributed by atoms with Gasteiger partial charge in [-0.15, -0.1) is 0 Å². The van der Waals surface area contributed by atoms with E-state index in [2.05, 4.69) is 5.32 Å². The number of hydrogen-bond donors (Lipinski definition) is 2. The van der Waals surface area contributed by atoms with Gasteiger partial charge in [-0.3, -0.25) is 0 Å². The standard InChI is InChI=1S/C9H19NO2/c1-8(7-11)10-5-4-9-3-2-6-12-9/h8-11H,2-7H2,1H3. The summed E-state index contributed by atoms with van der Waals surface area (Å²) in [4.78, 5) is 0. The molecule has 1 aliphatic rings. The molecule has 1 rings (SSSR count). The molecule has 1 heterocycles. The molecule has 0 aromatic rings. The molecule has 72 valence electrons. The lowest BCUT2D eigenvalue weighted by Gasteiger charge is -2.13. The van der Waals surface area contributed by atoms with E-state index >= 15 is 0 Å². The highest BCUT2D eigenvalue weighted by Gasteiger charge is 2.14. The average molecular weight is 173 g/mol. The van der Waals surface area contributed by atoms with Gasteiger partial charge >= 0.3 is 0 Å². The van der Waals surface area contributed by atoms with Crippen molar-refractivity contribution in [1.29, 1.82) is 0 Å². The van der Waals surface area contributed by atoms with Crippen LogP contribution in [-0.2, 0) is 4.74 Å². The zero-order valence-electron chi connectivity index (χ0n) is 7.75. The second-order valence-electron chi connectivity index (χ2n) is 3.46. The van der Waals surface area contributed by atoms with Crippen LogP contribution in [0.3, 0.4) is 0 Å². The topological polar surface area (TPSA) is 41.5 Å². The fourth-order valence-corrected chi connectivity index (χ4v) is 1.43. The first-order valence-corrected chi connectivity index (χ1v) is 4.78. The summed E-state index contributed by atoms with van der Waals surface area (Å²) in [5, 5.41) is 12.0. The van der Waals surface area contributed by atoms with Gasteiger partial charge in [0, 0.05) is 12.6 Å². The van der Waals surface area contributed by atoms with E-state index in [1.165, 1.54) is 12.8 Å². The van der Waals surface area contributed by atoms with Crippen molar-refractivity contribution in [2.45, 2.75) is 38.3 Å². The number of rotatable bonds is 5. The third-order valence-corrected chi connectivity index (χ3v) is 2.26. The van der Waals surface area contributed by atoms with Crippen LogP contribution in [0.15, 0.2) is 0 Å². The molecule has 0 bridgehead atoms. The molecule has 0 aromatic heterocycles. The summed E-state index contributed by atoms with van der Waals surface area (Å²) >= 11 is 0. The van der Waals surface area contributed by atoms with Crippen LogP contribution in [0.25, 0.3) is 0 Å². The molecule has 0 amide bonds. The first-order chi connectivity index (χ1) is 5.83. The van der Waals surface area contributed by atoms with Crippen LogP contribution in [0.2, 0.25) is 0 Å². The van der Waals surface area contributed by atoms with Gasteiger partial charge in [-0.2, -0.15) is 0 Å². The Labute approximate surface area is 74.1 Å². The van der Waals surface area contributed by atoms with Crippen molar-refractivity contribution < 1.29 is 9.84 Å². The Bertz CT molecular complexity index is 113. The second kappa shape index (κ2) is 5.51. The fourth-order valence-electron chi connectivity index (χ4n) is 1.43. The number of aliphatic hydroxyl groups is 1. The molecule has 0 spiro atoms. The number of aliphatic hydroxyl groups excluding tert-OH is 1. The van der Waals surface area contributed by atoms with Crippen molar-refractivity contribution in [1.82, 2.24) is 5.32 Å². The third-order valence-electron chi connectivity index (χ3n) is 2.26. The van der Waals surface area contributed by atoms with Gasteiger partial charge in [-0.25, -0.2) is 0 Å². The van der Waals surface area contributed by atoms with E-state index < -0.39 is 0 Å². The molecular formula is C9H19NO2. The minimum Gasteiger partial charge on any atom is -0.395 e. The summed E-state index contributed by atoms with van der Waals surface area (Å²) in [5.41, 5.74) is 0. The second-order valence-corrected chi connectivity index (χ2v) is 3.46. The number of nitrogens with one attached hydrogen (secondary N) is 1. The largest absolute Gasteiger partial charge is 0.395 e. The molecule has 0 aliphatic carbocycles. The summed E-state index contributed by atoms with van der Waals surface area (Å²) in [5.74, 6) is 0. The van der Waals surface area contributed by atoms with Crippen molar-refractivity contribution in [3.63, 3.8) is 0 Å². The predicted octanol–water partition coefficient (Wildman–Crippen LogP) is 0.526. The maximum atomic E-state index is 8.73. The molecule has 2 atom stereocenters. The van der Waals surface area contributed by atoms with Crippen LogP contribution >= 0.6 is 0 Å². The zero-order chi connectivity index (χ0) is 8.81. The lowest BCUT2D eigenvalue weighted by atomic mass is 10.2. The molecule has 0 saturated carbocycles. The zero-order valence-corrected chi connectivity index (χ0v) is 7.75. The van der Waals surface area contributed by atoms with Crippen LogP contribution < -0.4 is 5.32 Å². The summed E-state index contributed by atoms with van der Waals surface area (Å²) in [6.45, 7) is 4.08. The van der Waals surface area contributed by atoms with Gasteiger partial charge in [0.15, 0.2) is 0 Å². The Hall–Kier alpha value is -0.120. The van der Waals surface area contributed by atoms with Gasteiger partial charge in [0.2, 0.25) is 0 Å². The molecular weight excluding hydrogens is 154 g/mol. The van der Waals surface area contributed by atoms with Gasteiger partial charge in [0.25, 0.3) is 0 Å². The van der Waals surface area contributed by atoms with E-state index in [9.17, 15) is 0 Å². The normalized spacial score (nSPS) is 26.0. The van der Waals surface area contributed by atoms with Crippen LogP contribution in [0.5, 0.6) is 0 Å². The first kappa shape index (κ1) is 9.96. The Morgan fingerprint density at radius 3 is 3.08 bits per heavy atom. The lowest BCUT2D eigenvalue weighted by molar-refractivity contribution is 0.103. The molecule has 12 heavy (non-hydrogen) atoms. The van der Waals surface area contributed by atoms with E-state index in [4.69, 9.17) is 9.84 Å². The Balaban J connectivity index is 1.94. The summed E-state index contributed by atoms with van der Waals surface area (Å²) in [6, 6.07) is 0.214. The van der Waals surface area contributed by atoms with Gasteiger partial charge in [-0.1, -0.05) is 0 Å². The Morgan fingerprint density at radius 2 is 2.50 bits per heavy atom. The molecule has 3 heteroatoms. The maximum absolute atomic E-state index is 8.73. The van der Waals surface area contributed by atoms with E-state index in [1.54, 1.807) is 0 Å². The molecule has 1 aliphatic heterocycles. The summed E-state index contributed by atoms with van der Waals surface area (Å²) in [7, 11) is 0. The quantitative estimate of drug-likeness (QED) is 0.637. The molecule has 2 N–H and O–H groups in total. The summed E-state index contributed by atoms with van der Waals surface area (Å²) < 4.78 is 5.47. The number of hydrogen-bond acceptors (Lipinski definition) is 3. The van der Waals surface area contributed by atoms with Crippen molar-refractivity contribution in [3.05, 3.63) is 0 Å². The van der Waals surface area contributed by atoms with Crippen molar-refractivity contribution in [3.8, 4) is 0 Å². The van der Waals surface area contributed by atoms with Crippen molar-refractivity contribution in [2.24, 2.45) is 0 Å². The van der Waals surface area contributed by atoms with Crippen LogP contribution in [-0.4, -0.2) is 37.0 Å². The highest BCUT2D eigenvalue weighted by Crippen LogP contribution is 2.14. The highest BCUT2D eigenvalue weighted by atomic mass is 16.5. The van der Waals surface area contributed by atoms with Gasteiger partial charge in [-0.05, 0) is 32.7 Å².